The zero-order valence-electron chi connectivity index (χ0n) is 13.0. The van der Waals surface area contributed by atoms with Crippen molar-refractivity contribution in [1.82, 2.24) is 5.32 Å². The van der Waals surface area contributed by atoms with E-state index >= 15 is 0 Å². The summed E-state index contributed by atoms with van der Waals surface area (Å²) in [6, 6.07) is 4.06. The molecule has 1 unspecified atom stereocenters. The number of benzene rings is 1. The van der Waals surface area contributed by atoms with Crippen molar-refractivity contribution in [3.05, 3.63) is 39.4 Å². The number of amides is 1. The Morgan fingerprint density at radius 1 is 1.41 bits per heavy atom. The number of nitro groups is 1. The fraction of sp³-hybridized carbons (Fsp3) is 0.467. The Balaban J connectivity index is 3.03. The number of hydrogen-bond donors (Lipinski definition) is 2. The lowest BCUT2D eigenvalue weighted by Gasteiger charge is -2.33. The van der Waals surface area contributed by atoms with E-state index in [-0.39, 0.29) is 23.6 Å². The maximum absolute atomic E-state index is 12.3. The van der Waals surface area contributed by atoms with E-state index in [4.69, 9.17) is 5.11 Å². The number of carbonyl (C=O) groups is 2. The summed E-state index contributed by atoms with van der Waals surface area (Å²) in [5, 5.41) is 22.5. The van der Waals surface area contributed by atoms with Crippen molar-refractivity contribution in [2.75, 3.05) is 0 Å². The standard InChI is InChI=1S/C15H20N2O5/c1-9(2)15(4,8-13(18)19)16-14(20)11-5-6-12(17(21)22)10(3)7-11/h5-7,9H,8H2,1-4H3,(H,16,20)(H,18,19). The van der Waals surface area contributed by atoms with Gasteiger partial charge in [0.2, 0.25) is 0 Å². The summed E-state index contributed by atoms with van der Waals surface area (Å²) < 4.78 is 0. The minimum atomic E-state index is -1.00. The van der Waals surface area contributed by atoms with Crippen LogP contribution in [0.1, 0.15) is 43.1 Å². The van der Waals surface area contributed by atoms with E-state index in [1.807, 2.05) is 13.8 Å². The molecule has 0 fully saturated rings. The van der Waals surface area contributed by atoms with Crippen LogP contribution < -0.4 is 5.32 Å². The number of nitrogens with zero attached hydrogens (tertiary/aromatic N) is 1. The predicted molar refractivity (Wildman–Crippen MR) is 80.8 cm³/mol. The van der Waals surface area contributed by atoms with Gasteiger partial charge in [-0.3, -0.25) is 19.7 Å². The number of nitro benzene ring substituents is 1. The molecule has 0 heterocycles. The molecule has 0 aliphatic rings. The number of rotatable bonds is 6. The highest BCUT2D eigenvalue weighted by Gasteiger charge is 2.33. The first-order valence-corrected chi connectivity index (χ1v) is 6.86. The van der Waals surface area contributed by atoms with Gasteiger partial charge >= 0.3 is 5.97 Å². The highest BCUT2D eigenvalue weighted by atomic mass is 16.6. The van der Waals surface area contributed by atoms with Gasteiger partial charge in [0, 0.05) is 17.2 Å². The van der Waals surface area contributed by atoms with Gasteiger partial charge in [0.05, 0.1) is 16.9 Å². The lowest BCUT2D eigenvalue weighted by Crippen LogP contribution is -2.51. The van der Waals surface area contributed by atoms with Gasteiger partial charge in [0.1, 0.15) is 0 Å². The molecule has 7 nitrogen and oxygen atoms in total. The van der Waals surface area contributed by atoms with Crippen LogP contribution in [-0.2, 0) is 4.79 Å². The Kier molecular flexibility index (Phi) is 5.24. The zero-order chi connectivity index (χ0) is 17.1. The van der Waals surface area contributed by atoms with Gasteiger partial charge in [-0.2, -0.15) is 0 Å². The average Bonchev–Trinajstić information content (AvgIpc) is 2.36. The van der Waals surface area contributed by atoms with Crippen LogP contribution in [0.15, 0.2) is 18.2 Å². The molecule has 0 radical (unpaired) electrons. The van der Waals surface area contributed by atoms with Gasteiger partial charge in [0.15, 0.2) is 0 Å². The van der Waals surface area contributed by atoms with Crippen LogP contribution in [0.4, 0.5) is 5.69 Å². The summed E-state index contributed by atoms with van der Waals surface area (Å²) in [5.74, 6) is -1.54. The predicted octanol–water partition coefficient (Wildman–Crippen LogP) is 2.52. The Hall–Kier alpha value is -2.44. The maximum Gasteiger partial charge on any atom is 0.305 e. The molecule has 1 rings (SSSR count). The fourth-order valence-corrected chi connectivity index (χ4v) is 2.04. The molecule has 1 aromatic carbocycles. The van der Waals surface area contributed by atoms with Crippen LogP contribution >= 0.6 is 0 Å². The lowest BCUT2D eigenvalue weighted by molar-refractivity contribution is -0.385. The molecule has 1 atom stereocenters. The molecule has 2 N–H and O–H groups in total. The molecule has 0 saturated carbocycles. The molecule has 0 aromatic heterocycles. The van der Waals surface area contributed by atoms with Crippen molar-refractivity contribution in [1.29, 1.82) is 0 Å². The fourth-order valence-electron chi connectivity index (χ4n) is 2.04. The SMILES string of the molecule is Cc1cc(C(=O)NC(C)(CC(=O)O)C(C)C)ccc1[N+](=O)[O-]. The van der Waals surface area contributed by atoms with Crippen molar-refractivity contribution in [3.8, 4) is 0 Å². The van der Waals surface area contributed by atoms with Gasteiger partial charge in [0.25, 0.3) is 11.6 Å². The monoisotopic (exact) mass is 308 g/mol. The van der Waals surface area contributed by atoms with E-state index in [2.05, 4.69) is 5.32 Å². The molecule has 0 saturated heterocycles. The molecule has 0 bridgehead atoms. The van der Waals surface area contributed by atoms with Gasteiger partial charge in [-0.1, -0.05) is 13.8 Å². The number of aliphatic carboxylic acids is 1. The smallest absolute Gasteiger partial charge is 0.305 e. The molecular weight excluding hydrogens is 288 g/mol. The third-order valence-electron chi connectivity index (χ3n) is 3.85. The van der Waals surface area contributed by atoms with Crippen LogP contribution in [0.3, 0.4) is 0 Å². The highest BCUT2D eigenvalue weighted by Crippen LogP contribution is 2.23. The van der Waals surface area contributed by atoms with Gasteiger partial charge in [-0.15, -0.1) is 0 Å². The van der Waals surface area contributed by atoms with Crippen LogP contribution in [-0.4, -0.2) is 27.4 Å². The lowest BCUT2D eigenvalue weighted by atomic mass is 9.85. The van der Waals surface area contributed by atoms with Crippen LogP contribution in [0.2, 0.25) is 0 Å². The number of carboxylic acid groups (broad SMARTS) is 1. The van der Waals surface area contributed by atoms with Crippen LogP contribution in [0.5, 0.6) is 0 Å². The largest absolute Gasteiger partial charge is 0.481 e. The van der Waals surface area contributed by atoms with Crippen molar-refractivity contribution < 1.29 is 19.6 Å². The third kappa shape index (κ3) is 4.03. The number of carboxylic acids is 1. The normalized spacial score (nSPS) is 13.5. The Labute approximate surface area is 128 Å². The quantitative estimate of drug-likeness (QED) is 0.620. The second-order valence-electron chi connectivity index (χ2n) is 5.86. The van der Waals surface area contributed by atoms with E-state index in [1.54, 1.807) is 13.8 Å². The third-order valence-corrected chi connectivity index (χ3v) is 3.85. The summed E-state index contributed by atoms with van der Waals surface area (Å²) in [5.41, 5.74) is -0.324. The molecular formula is C15H20N2O5. The van der Waals surface area contributed by atoms with Crippen molar-refractivity contribution in [2.24, 2.45) is 5.92 Å². The molecule has 1 aromatic rings. The zero-order valence-corrected chi connectivity index (χ0v) is 13.0. The number of aryl methyl sites for hydroxylation is 1. The molecule has 0 spiro atoms. The highest BCUT2D eigenvalue weighted by molar-refractivity contribution is 5.95. The minimum Gasteiger partial charge on any atom is -0.481 e. The summed E-state index contributed by atoms with van der Waals surface area (Å²) >= 11 is 0. The number of nitrogens with one attached hydrogen (secondary N) is 1. The molecule has 120 valence electrons. The molecule has 0 aliphatic heterocycles. The number of carbonyl (C=O) groups excluding carboxylic acids is 1. The van der Waals surface area contributed by atoms with E-state index < -0.39 is 22.3 Å². The Morgan fingerprint density at radius 3 is 2.41 bits per heavy atom. The summed E-state index contributed by atoms with van der Waals surface area (Å²) in [6.07, 6.45) is -0.206. The minimum absolute atomic E-state index is 0.0614. The summed E-state index contributed by atoms with van der Waals surface area (Å²) in [6.45, 7) is 6.87. The Bertz CT molecular complexity index is 612. The first-order valence-electron chi connectivity index (χ1n) is 6.86. The molecule has 22 heavy (non-hydrogen) atoms. The van der Waals surface area contributed by atoms with Crippen LogP contribution in [0.25, 0.3) is 0 Å². The first-order chi connectivity index (χ1) is 10.1. The second kappa shape index (κ2) is 6.55. The van der Waals surface area contributed by atoms with Gasteiger partial charge in [-0.25, -0.2) is 0 Å². The van der Waals surface area contributed by atoms with E-state index in [1.165, 1.54) is 18.2 Å². The van der Waals surface area contributed by atoms with Crippen LogP contribution in [0, 0.1) is 23.0 Å². The first kappa shape index (κ1) is 17.6. The molecule has 1 amide bonds. The van der Waals surface area contributed by atoms with Crippen molar-refractivity contribution in [3.63, 3.8) is 0 Å². The van der Waals surface area contributed by atoms with Crippen molar-refractivity contribution >= 4 is 17.6 Å². The van der Waals surface area contributed by atoms with Crippen molar-refractivity contribution in [2.45, 2.75) is 39.7 Å². The molecule has 7 heteroatoms. The molecule has 0 aliphatic carbocycles. The topological polar surface area (TPSA) is 110 Å². The van der Waals surface area contributed by atoms with E-state index in [0.717, 1.165) is 0 Å². The van der Waals surface area contributed by atoms with E-state index in [9.17, 15) is 19.7 Å². The summed E-state index contributed by atoms with van der Waals surface area (Å²) in [4.78, 5) is 33.6. The van der Waals surface area contributed by atoms with Gasteiger partial charge in [-0.05, 0) is 31.9 Å². The summed E-state index contributed by atoms with van der Waals surface area (Å²) in [7, 11) is 0. The average molecular weight is 308 g/mol. The maximum atomic E-state index is 12.3. The second-order valence-corrected chi connectivity index (χ2v) is 5.86. The number of hydrogen-bond acceptors (Lipinski definition) is 4. The van der Waals surface area contributed by atoms with E-state index in [0.29, 0.717) is 5.56 Å². The Morgan fingerprint density at radius 2 is 2.00 bits per heavy atom. The van der Waals surface area contributed by atoms with Gasteiger partial charge < -0.3 is 10.4 Å².